The first-order valence-electron chi connectivity index (χ1n) is 7.94. The topological polar surface area (TPSA) is 94.8 Å². The Balaban J connectivity index is 1.41. The van der Waals surface area contributed by atoms with Crippen LogP contribution in [0, 0.1) is 0 Å². The summed E-state index contributed by atoms with van der Waals surface area (Å²) in [6, 6.07) is 15.1. The zero-order valence-electron chi connectivity index (χ0n) is 14.2. The molecule has 0 aliphatic heterocycles. The van der Waals surface area contributed by atoms with E-state index in [9.17, 15) is 4.79 Å². The van der Waals surface area contributed by atoms with Crippen LogP contribution >= 0.6 is 23.1 Å². The number of carbonyl (C=O) groups is 1. The zero-order valence-corrected chi connectivity index (χ0v) is 15.8. The summed E-state index contributed by atoms with van der Waals surface area (Å²) < 4.78 is 7.76. The normalized spacial score (nSPS) is 10.9. The molecule has 2 aromatic carbocycles. The summed E-state index contributed by atoms with van der Waals surface area (Å²) in [6.45, 7) is 0. The quantitative estimate of drug-likeness (QED) is 0.499. The molecule has 1 amide bonds. The van der Waals surface area contributed by atoms with Gasteiger partial charge in [0.25, 0.3) is 0 Å². The van der Waals surface area contributed by atoms with E-state index < -0.39 is 0 Å². The van der Waals surface area contributed by atoms with Crippen molar-refractivity contribution < 1.29 is 9.53 Å². The van der Waals surface area contributed by atoms with Gasteiger partial charge in [-0.05, 0) is 40.8 Å². The van der Waals surface area contributed by atoms with Gasteiger partial charge < -0.3 is 10.1 Å². The molecule has 2 aromatic heterocycles. The number of carbonyl (C=O) groups excluding carboxylic acids is 1. The van der Waals surface area contributed by atoms with E-state index >= 15 is 0 Å². The number of benzene rings is 2. The lowest BCUT2D eigenvalue weighted by molar-refractivity contribution is -0.113. The second-order valence-electron chi connectivity index (χ2n) is 5.40. The predicted molar refractivity (Wildman–Crippen MR) is 105 cm³/mol. The van der Waals surface area contributed by atoms with Gasteiger partial charge in [-0.1, -0.05) is 41.3 Å². The number of amides is 1. The van der Waals surface area contributed by atoms with Gasteiger partial charge in [-0.3, -0.25) is 4.79 Å². The first-order chi connectivity index (χ1) is 13.2. The number of methoxy groups -OCH3 is 1. The molecule has 0 aliphatic rings. The van der Waals surface area contributed by atoms with Crippen molar-refractivity contribution in [3.8, 4) is 11.4 Å². The molecule has 0 spiro atoms. The van der Waals surface area contributed by atoms with Gasteiger partial charge in [0.2, 0.25) is 11.1 Å². The number of anilines is 1. The summed E-state index contributed by atoms with van der Waals surface area (Å²) >= 11 is 2.66. The van der Waals surface area contributed by atoms with Gasteiger partial charge in [-0.2, -0.15) is 4.68 Å². The molecule has 0 bridgehead atoms. The number of fused-ring (bicyclic) bond motifs is 1. The molecule has 27 heavy (non-hydrogen) atoms. The number of hydrogen-bond acceptors (Lipinski definition) is 8. The van der Waals surface area contributed by atoms with E-state index in [-0.39, 0.29) is 11.7 Å². The largest absolute Gasteiger partial charge is 0.497 e. The number of thiazole rings is 1. The molecule has 0 saturated carbocycles. The number of ether oxygens (including phenoxy) is 1. The van der Waals surface area contributed by atoms with Crippen LogP contribution in [0.2, 0.25) is 0 Å². The molecule has 0 atom stereocenters. The summed E-state index contributed by atoms with van der Waals surface area (Å²) in [5.41, 5.74) is 1.65. The summed E-state index contributed by atoms with van der Waals surface area (Å²) in [5.74, 6) is 0.757. The van der Waals surface area contributed by atoms with Crippen molar-refractivity contribution in [3.05, 3.63) is 48.5 Å². The summed E-state index contributed by atoms with van der Waals surface area (Å²) in [6.07, 6.45) is 0. The third-order valence-electron chi connectivity index (χ3n) is 3.62. The molecular formula is C17H14N6O2S2. The number of thioether (sulfide) groups is 1. The Hall–Kier alpha value is -2.98. The fourth-order valence-electron chi connectivity index (χ4n) is 2.37. The van der Waals surface area contributed by atoms with Gasteiger partial charge in [0.05, 0.1) is 28.8 Å². The number of hydrogen-bond donors (Lipinski definition) is 1. The Morgan fingerprint density at radius 3 is 2.93 bits per heavy atom. The predicted octanol–water partition coefficient (Wildman–Crippen LogP) is 3.01. The van der Waals surface area contributed by atoms with Crippen molar-refractivity contribution in [3.63, 3.8) is 0 Å². The van der Waals surface area contributed by atoms with Crippen LogP contribution in [0.5, 0.6) is 5.75 Å². The molecule has 1 N–H and O–H groups in total. The fraction of sp³-hybridized carbons (Fsp3) is 0.118. The van der Waals surface area contributed by atoms with Gasteiger partial charge in [0.1, 0.15) is 5.75 Å². The van der Waals surface area contributed by atoms with Crippen LogP contribution in [0.3, 0.4) is 0 Å². The molecule has 0 saturated heterocycles. The van der Waals surface area contributed by atoms with E-state index in [2.05, 4.69) is 25.8 Å². The van der Waals surface area contributed by atoms with Crippen molar-refractivity contribution in [1.82, 2.24) is 25.2 Å². The monoisotopic (exact) mass is 398 g/mol. The molecule has 0 fully saturated rings. The van der Waals surface area contributed by atoms with Crippen LogP contribution in [0.1, 0.15) is 0 Å². The first-order valence-corrected chi connectivity index (χ1v) is 9.74. The average molecular weight is 398 g/mol. The van der Waals surface area contributed by atoms with E-state index in [1.807, 2.05) is 48.5 Å². The smallest absolute Gasteiger partial charge is 0.236 e. The van der Waals surface area contributed by atoms with Crippen molar-refractivity contribution in [1.29, 1.82) is 0 Å². The van der Waals surface area contributed by atoms with Gasteiger partial charge >= 0.3 is 0 Å². The standard InChI is InChI=1S/C17H14N6O2S2/c1-25-12-7-8-13-14(9-12)27-16(18-13)19-15(24)10-26-17-20-21-22-23(17)11-5-3-2-4-6-11/h2-9H,10H2,1H3,(H,18,19,24). The minimum Gasteiger partial charge on any atom is -0.497 e. The maximum absolute atomic E-state index is 12.3. The highest BCUT2D eigenvalue weighted by atomic mass is 32.2. The molecule has 0 radical (unpaired) electrons. The molecule has 8 nitrogen and oxygen atoms in total. The summed E-state index contributed by atoms with van der Waals surface area (Å²) in [4.78, 5) is 16.7. The van der Waals surface area contributed by atoms with Crippen molar-refractivity contribution in [2.75, 3.05) is 18.2 Å². The number of aromatic nitrogens is 5. The Labute approximate surface area is 162 Å². The molecule has 4 rings (SSSR count). The summed E-state index contributed by atoms with van der Waals surface area (Å²) in [5, 5.41) is 15.6. The highest BCUT2D eigenvalue weighted by Crippen LogP contribution is 2.29. The molecule has 4 aromatic rings. The number of rotatable bonds is 6. The summed E-state index contributed by atoms with van der Waals surface area (Å²) in [7, 11) is 1.62. The number of tetrazole rings is 1. The van der Waals surface area contributed by atoms with Gasteiger partial charge in [0, 0.05) is 0 Å². The van der Waals surface area contributed by atoms with Crippen molar-refractivity contribution in [2.24, 2.45) is 0 Å². The molecule has 0 unspecified atom stereocenters. The van der Waals surface area contributed by atoms with E-state index in [1.165, 1.54) is 23.1 Å². The number of para-hydroxylation sites is 1. The minimum absolute atomic E-state index is 0.173. The number of nitrogens with one attached hydrogen (secondary N) is 1. The zero-order chi connectivity index (χ0) is 18.6. The molecule has 136 valence electrons. The van der Waals surface area contributed by atoms with Gasteiger partial charge in [-0.15, -0.1) is 5.10 Å². The van der Waals surface area contributed by atoms with Crippen LogP contribution in [0.4, 0.5) is 5.13 Å². The van der Waals surface area contributed by atoms with Gasteiger partial charge in [-0.25, -0.2) is 4.98 Å². The van der Waals surface area contributed by atoms with Gasteiger partial charge in [0.15, 0.2) is 5.13 Å². The Bertz CT molecular complexity index is 1080. The lowest BCUT2D eigenvalue weighted by atomic mass is 10.3. The highest BCUT2D eigenvalue weighted by Gasteiger charge is 2.13. The highest BCUT2D eigenvalue weighted by molar-refractivity contribution is 7.99. The van der Waals surface area contributed by atoms with E-state index in [4.69, 9.17) is 4.74 Å². The van der Waals surface area contributed by atoms with E-state index in [1.54, 1.807) is 11.8 Å². The third kappa shape index (κ3) is 3.91. The van der Waals surface area contributed by atoms with Crippen LogP contribution in [-0.4, -0.2) is 44.0 Å². The first kappa shape index (κ1) is 17.4. The van der Waals surface area contributed by atoms with E-state index in [0.29, 0.717) is 10.3 Å². The molecule has 10 heteroatoms. The fourth-order valence-corrected chi connectivity index (χ4v) is 3.97. The number of nitrogens with zero attached hydrogens (tertiary/aromatic N) is 5. The molecule has 2 heterocycles. The second-order valence-corrected chi connectivity index (χ2v) is 7.37. The molecular weight excluding hydrogens is 384 g/mol. The van der Waals surface area contributed by atoms with E-state index in [0.717, 1.165) is 21.7 Å². The van der Waals surface area contributed by atoms with Crippen LogP contribution in [0.15, 0.2) is 53.7 Å². The molecule has 0 aliphatic carbocycles. The van der Waals surface area contributed by atoms with Crippen molar-refractivity contribution >= 4 is 44.4 Å². The van der Waals surface area contributed by atoms with Crippen LogP contribution in [0.25, 0.3) is 15.9 Å². The lowest BCUT2D eigenvalue weighted by Crippen LogP contribution is -2.14. The second kappa shape index (κ2) is 7.72. The Morgan fingerprint density at radius 1 is 1.26 bits per heavy atom. The maximum Gasteiger partial charge on any atom is 0.236 e. The average Bonchev–Trinajstić information content (AvgIpc) is 3.32. The Kier molecular flexibility index (Phi) is 4.99. The third-order valence-corrected chi connectivity index (χ3v) is 5.47. The lowest BCUT2D eigenvalue weighted by Gasteiger charge is -2.03. The van der Waals surface area contributed by atoms with Crippen molar-refractivity contribution in [2.45, 2.75) is 5.16 Å². The van der Waals surface area contributed by atoms with Crippen LogP contribution in [-0.2, 0) is 4.79 Å². The minimum atomic E-state index is -0.173. The maximum atomic E-state index is 12.3. The van der Waals surface area contributed by atoms with Crippen LogP contribution < -0.4 is 10.1 Å². The SMILES string of the molecule is COc1ccc2nc(NC(=O)CSc3nnnn3-c3ccccc3)sc2c1. The Morgan fingerprint density at radius 2 is 2.11 bits per heavy atom.